The fourth-order valence-corrected chi connectivity index (χ4v) is 1.20. The van der Waals surface area contributed by atoms with Crippen LogP contribution in [0.5, 0.6) is 0 Å². The minimum Gasteiger partial charge on any atom is -0.481 e. The van der Waals surface area contributed by atoms with Crippen LogP contribution in [0, 0.1) is 5.92 Å². The van der Waals surface area contributed by atoms with E-state index in [-0.39, 0.29) is 25.4 Å². The third kappa shape index (κ3) is 5.64. The SMILES string of the molecule is CC(CCn1nnnc1COCC(F)(F)F)C(=O)O. The molecule has 1 atom stereocenters. The lowest BCUT2D eigenvalue weighted by molar-refractivity contribution is -0.177. The van der Waals surface area contributed by atoms with Crippen molar-refractivity contribution in [1.82, 2.24) is 20.2 Å². The predicted molar refractivity (Wildman–Crippen MR) is 54.9 cm³/mol. The number of alkyl halides is 3. The topological polar surface area (TPSA) is 90.1 Å². The summed E-state index contributed by atoms with van der Waals surface area (Å²) in [6, 6.07) is 0. The summed E-state index contributed by atoms with van der Waals surface area (Å²) >= 11 is 0. The third-order valence-corrected chi connectivity index (χ3v) is 2.30. The van der Waals surface area contributed by atoms with Crippen LogP contribution in [0.15, 0.2) is 0 Å². The van der Waals surface area contributed by atoms with Crippen molar-refractivity contribution in [3.63, 3.8) is 0 Å². The minimum absolute atomic E-state index is 0.127. The lowest BCUT2D eigenvalue weighted by Crippen LogP contribution is -2.19. The Morgan fingerprint density at radius 2 is 2.21 bits per heavy atom. The summed E-state index contributed by atoms with van der Waals surface area (Å²) in [7, 11) is 0. The van der Waals surface area contributed by atoms with E-state index >= 15 is 0 Å². The van der Waals surface area contributed by atoms with Gasteiger partial charge in [0.25, 0.3) is 0 Å². The molecule has 1 N–H and O–H groups in total. The fraction of sp³-hybridized carbons (Fsp3) is 0.778. The van der Waals surface area contributed by atoms with Crippen LogP contribution >= 0.6 is 0 Å². The number of hydrogen-bond donors (Lipinski definition) is 1. The molecule has 0 aliphatic carbocycles. The molecule has 19 heavy (non-hydrogen) atoms. The molecule has 0 spiro atoms. The number of carboxylic acid groups (broad SMARTS) is 1. The van der Waals surface area contributed by atoms with Crippen LogP contribution in [0.4, 0.5) is 13.2 Å². The highest BCUT2D eigenvalue weighted by Gasteiger charge is 2.27. The van der Waals surface area contributed by atoms with Gasteiger partial charge in [-0.1, -0.05) is 6.92 Å². The second-order valence-electron chi connectivity index (χ2n) is 3.95. The maximum atomic E-state index is 11.9. The number of halogens is 3. The maximum absolute atomic E-state index is 11.9. The number of hydrogen-bond acceptors (Lipinski definition) is 5. The second kappa shape index (κ2) is 6.45. The van der Waals surface area contributed by atoms with Crippen LogP contribution < -0.4 is 0 Å². The molecule has 0 amide bonds. The maximum Gasteiger partial charge on any atom is 0.411 e. The van der Waals surface area contributed by atoms with Gasteiger partial charge >= 0.3 is 12.1 Å². The Balaban J connectivity index is 2.44. The van der Waals surface area contributed by atoms with E-state index in [1.807, 2.05) is 0 Å². The monoisotopic (exact) mass is 282 g/mol. The van der Waals surface area contributed by atoms with Crippen molar-refractivity contribution >= 4 is 5.97 Å². The van der Waals surface area contributed by atoms with Crippen LogP contribution in [0.25, 0.3) is 0 Å². The van der Waals surface area contributed by atoms with E-state index in [1.165, 1.54) is 11.6 Å². The lowest BCUT2D eigenvalue weighted by Gasteiger charge is -2.09. The molecule has 1 aromatic heterocycles. The number of aliphatic carboxylic acids is 1. The average Bonchev–Trinajstić information content (AvgIpc) is 2.71. The highest BCUT2D eigenvalue weighted by Crippen LogP contribution is 2.15. The van der Waals surface area contributed by atoms with Crippen LogP contribution in [-0.4, -0.2) is 44.1 Å². The van der Waals surface area contributed by atoms with Gasteiger partial charge in [-0.2, -0.15) is 13.2 Å². The Kier molecular flexibility index (Phi) is 5.21. The van der Waals surface area contributed by atoms with Gasteiger partial charge in [-0.05, 0) is 16.8 Å². The molecule has 0 aromatic carbocycles. The van der Waals surface area contributed by atoms with Gasteiger partial charge in [0.1, 0.15) is 13.2 Å². The Bertz CT molecular complexity index is 421. The van der Waals surface area contributed by atoms with Crippen molar-refractivity contribution < 1.29 is 27.8 Å². The zero-order chi connectivity index (χ0) is 14.5. The average molecular weight is 282 g/mol. The first-order chi connectivity index (χ1) is 8.79. The molecule has 0 aliphatic heterocycles. The first-order valence-corrected chi connectivity index (χ1v) is 5.42. The molecule has 0 fully saturated rings. The summed E-state index contributed by atoms with van der Waals surface area (Å²) in [4.78, 5) is 10.6. The lowest BCUT2D eigenvalue weighted by atomic mass is 10.1. The largest absolute Gasteiger partial charge is 0.481 e. The molecule has 1 heterocycles. The van der Waals surface area contributed by atoms with E-state index in [0.29, 0.717) is 0 Å². The van der Waals surface area contributed by atoms with E-state index in [0.717, 1.165) is 0 Å². The van der Waals surface area contributed by atoms with Crippen LogP contribution in [0.3, 0.4) is 0 Å². The van der Waals surface area contributed by atoms with E-state index < -0.39 is 24.7 Å². The third-order valence-electron chi connectivity index (χ3n) is 2.30. The van der Waals surface area contributed by atoms with Crippen LogP contribution in [-0.2, 0) is 22.7 Å². The van der Waals surface area contributed by atoms with Crippen molar-refractivity contribution in [1.29, 1.82) is 0 Å². The summed E-state index contributed by atoms with van der Waals surface area (Å²) in [6.45, 7) is -0.0446. The minimum atomic E-state index is -4.41. The fourth-order valence-electron chi connectivity index (χ4n) is 1.20. The van der Waals surface area contributed by atoms with E-state index in [4.69, 9.17) is 5.11 Å². The number of nitrogens with zero attached hydrogens (tertiary/aromatic N) is 4. The molecule has 0 radical (unpaired) electrons. The Hall–Kier alpha value is -1.71. The molecule has 1 aromatic rings. The van der Waals surface area contributed by atoms with Crippen molar-refractivity contribution in [2.45, 2.75) is 32.7 Å². The molecular weight excluding hydrogens is 269 g/mol. The van der Waals surface area contributed by atoms with E-state index in [1.54, 1.807) is 0 Å². The van der Waals surface area contributed by atoms with Gasteiger partial charge in [-0.3, -0.25) is 4.79 Å². The summed E-state index contributed by atoms with van der Waals surface area (Å²) in [5.74, 6) is -1.42. The number of carboxylic acids is 1. The van der Waals surface area contributed by atoms with E-state index in [9.17, 15) is 18.0 Å². The summed E-state index contributed by atoms with van der Waals surface area (Å²) < 4.78 is 41.3. The number of carbonyl (C=O) groups is 1. The highest BCUT2D eigenvalue weighted by molar-refractivity contribution is 5.69. The zero-order valence-corrected chi connectivity index (χ0v) is 10.1. The molecule has 0 bridgehead atoms. The zero-order valence-electron chi connectivity index (χ0n) is 10.1. The van der Waals surface area contributed by atoms with Gasteiger partial charge in [0.15, 0.2) is 5.82 Å². The van der Waals surface area contributed by atoms with Gasteiger partial charge in [-0.25, -0.2) is 4.68 Å². The van der Waals surface area contributed by atoms with Gasteiger partial charge in [0, 0.05) is 6.54 Å². The molecular formula is C9H13F3N4O3. The Morgan fingerprint density at radius 3 is 2.79 bits per heavy atom. The van der Waals surface area contributed by atoms with Gasteiger partial charge in [0.2, 0.25) is 0 Å². The number of rotatable bonds is 7. The van der Waals surface area contributed by atoms with Crippen LogP contribution in [0.2, 0.25) is 0 Å². The first-order valence-electron chi connectivity index (χ1n) is 5.42. The van der Waals surface area contributed by atoms with Gasteiger partial charge < -0.3 is 9.84 Å². The number of ether oxygens (including phenoxy) is 1. The quantitative estimate of drug-likeness (QED) is 0.797. The Morgan fingerprint density at radius 1 is 1.53 bits per heavy atom. The molecule has 0 saturated carbocycles. The van der Waals surface area contributed by atoms with Crippen molar-refractivity contribution in [2.75, 3.05) is 6.61 Å². The predicted octanol–water partition coefficient (Wildman–Crippen LogP) is 0.863. The van der Waals surface area contributed by atoms with Gasteiger partial charge in [-0.15, -0.1) is 5.10 Å². The molecule has 10 heteroatoms. The second-order valence-corrected chi connectivity index (χ2v) is 3.95. The molecule has 108 valence electrons. The molecule has 0 saturated heterocycles. The number of tetrazole rings is 1. The van der Waals surface area contributed by atoms with Crippen molar-refractivity contribution in [3.8, 4) is 0 Å². The molecule has 7 nitrogen and oxygen atoms in total. The smallest absolute Gasteiger partial charge is 0.411 e. The molecule has 1 rings (SSSR count). The summed E-state index contributed by atoms with van der Waals surface area (Å²) in [5.41, 5.74) is 0. The standard InChI is InChI=1S/C9H13F3N4O3/c1-6(8(17)18)2-3-16-7(13-14-15-16)4-19-5-9(10,11)12/h6H,2-5H2,1H3,(H,17,18). The van der Waals surface area contributed by atoms with E-state index in [2.05, 4.69) is 20.3 Å². The normalized spacial score (nSPS) is 13.5. The summed E-state index contributed by atoms with van der Waals surface area (Å²) in [5, 5.41) is 19.1. The summed E-state index contributed by atoms with van der Waals surface area (Å²) in [6.07, 6.45) is -4.14. The van der Waals surface area contributed by atoms with Crippen molar-refractivity contribution in [2.24, 2.45) is 5.92 Å². The first kappa shape index (κ1) is 15.3. The Labute approximate surface area is 106 Å². The van der Waals surface area contributed by atoms with Crippen molar-refractivity contribution in [3.05, 3.63) is 5.82 Å². The molecule has 0 aliphatic rings. The highest BCUT2D eigenvalue weighted by atomic mass is 19.4. The molecule has 1 unspecified atom stereocenters. The number of aryl methyl sites for hydroxylation is 1. The number of aromatic nitrogens is 4. The van der Waals surface area contributed by atoms with Crippen LogP contribution in [0.1, 0.15) is 19.2 Å². The van der Waals surface area contributed by atoms with Gasteiger partial charge in [0.05, 0.1) is 5.92 Å².